The highest BCUT2D eigenvalue weighted by Crippen LogP contribution is 2.31. The molecule has 4 heteroatoms. The molecule has 4 nitrogen and oxygen atoms in total. The van der Waals surface area contributed by atoms with E-state index in [2.05, 4.69) is 10.5 Å². The molecule has 0 unspecified atom stereocenters. The SMILES string of the molecule is O=C(Nc1onc2c1CCC2)C(c1ccccc1)c1ccccc1. The number of amides is 1. The van der Waals surface area contributed by atoms with Crippen LogP contribution in [0.3, 0.4) is 0 Å². The first-order valence-corrected chi connectivity index (χ1v) is 8.21. The number of hydrogen-bond donors (Lipinski definition) is 1. The highest BCUT2D eigenvalue weighted by Gasteiger charge is 2.27. The van der Waals surface area contributed by atoms with Crippen molar-refractivity contribution in [3.05, 3.63) is 83.0 Å². The van der Waals surface area contributed by atoms with Gasteiger partial charge in [0.25, 0.3) is 0 Å². The van der Waals surface area contributed by atoms with Crippen LogP contribution < -0.4 is 5.32 Å². The van der Waals surface area contributed by atoms with Gasteiger partial charge < -0.3 is 4.52 Å². The lowest BCUT2D eigenvalue weighted by atomic mass is 9.90. The minimum Gasteiger partial charge on any atom is -0.338 e. The topological polar surface area (TPSA) is 55.1 Å². The fraction of sp³-hybridized carbons (Fsp3) is 0.200. The second-order valence-corrected chi connectivity index (χ2v) is 6.03. The van der Waals surface area contributed by atoms with Gasteiger partial charge in [-0.3, -0.25) is 10.1 Å². The molecule has 1 aliphatic carbocycles. The maximum atomic E-state index is 13.0. The van der Waals surface area contributed by atoms with Crippen molar-refractivity contribution in [3.63, 3.8) is 0 Å². The van der Waals surface area contributed by atoms with Crippen LogP contribution in [0.2, 0.25) is 0 Å². The lowest BCUT2D eigenvalue weighted by molar-refractivity contribution is -0.116. The molecule has 1 aliphatic rings. The summed E-state index contributed by atoms with van der Waals surface area (Å²) in [6.07, 6.45) is 2.91. The second-order valence-electron chi connectivity index (χ2n) is 6.03. The lowest BCUT2D eigenvalue weighted by Crippen LogP contribution is -2.22. The molecular weight excluding hydrogens is 300 g/mol. The first-order valence-electron chi connectivity index (χ1n) is 8.21. The van der Waals surface area contributed by atoms with Crippen molar-refractivity contribution < 1.29 is 9.32 Å². The number of aromatic nitrogens is 1. The number of hydrogen-bond acceptors (Lipinski definition) is 3. The molecule has 0 atom stereocenters. The van der Waals surface area contributed by atoms with Crippen LogP contribution in [0.1, 0.15) is 34.7 Å². The summed E-state index contributed by atoms with van der Waals surface area (Å²) in [6.45, 7) is 0. The Morgan fingerprint density at radius 2 is 1.58 bits per heavy atom. The Morgan fingerprint density at radius 1 is 0.958 bits per heavy atom. The van der Waals surface area contributed by atoms with Gasteiger partial charge in [0.1, 0.15) is 0 Å². The van der Waals surface area contributed by atoms with Crippen LogP contribution in [0.15, 0.2) is 65.2 Å². The third-order valence-corrected chi connectivity index (χ3v) is 4.47. The van der Waals surface area contributed by atoms with E-state index >= 15 is 0 Å². The van der Waals surface area contributed by atoms with Crippen LogP contribution in [0.25, 0.3) is 0 Å². The molecule has 24 heavy (non-hydrogen) atoms. The Morgan fingerprint density at radius 3 is 2.21 bits per heavy atom. The maximum absolute atomic E-state index is 13.0. The van der Waals surface area contributed by atoms with Crippen LogP contribution in [0.4, 0.5) is 5.88 Å². The third kappa shape index (κ3) is 2.71. The van der Waals surface area contributed by atoms with Gasteiger partial charge in [0.15, 0.2) is 0 Å². The van der Waals surface area contributed by atoms with Gasteiger partial charge in [0, 0.05) is 5.56 Å². The van der Waals surface area contributed by atoms with Crippen LogP contribution in [-0.4, -0.2) is 11.1 Å². The van der Waals surface area contributed by atoms with E-state index < -0.39 is 0 Å². The molecule has 0 spiro atoms. The van der Waals surface area contributed by atoms with Crippen LogP contribution in [0.5, 0.6) is 0 Å². The van der Waals surface area contributed by atoms with E-state index in [4.69, 9.17) is 4.52 Å². The number of carbonyl (C=O) groups is 1. The molecule has 1 heterocycles. The molecule has 1 aromatic heterocycles. The molecule has 1 amide bonds. The third-order valence-electron chi connectivity index (χ3n) is 4.47. The van der Waals surface area contributed by atoms with Crippen LogP contribution >= 0.6 is 0 Å². The van der Waals surface area contributed by atoms with Gasteiger partial charge in [-0.25, -0.2) is 0 Å². The molecule has 1 N–H and O–H groups in total. The fourth-order valence-corrected chi connectivity index (χ4v) is 3.30. The molecule has 0 fully saturated rings. The number of fused-ring (bicyclic) bond motifs is 1. The van der Waals surface area contributed by atoms with E-state index in [1.54, 1.807) is 0 Å². The number of benzene rings is 2. The zero-order valence-electron chi connectivity index (χ0n) is 13.2. The van der Waals surface area contributed by atoms with Crippen molar-refractivity contribution in [2.45, 2.75) is 25.2 Å². The zero-order chi connectivity index (χ0) is 16.4. The zero-order valence-corrected chi connectivity index (χ0v) is 13.2. The molecule has 0 bridgehead atoms. The van der Waals surface area contributed by atoms with Gasteiger partial charge >= 0.3 is 0 Å². The summed E-state index contributed by atoms with van der Waals surface area (Å²) in [5.41, 5.74) is 3.93. The van der Waals surface area contributed by atoms with Crippen molar-refractivity contribution in [1.29, 1.82) is 0 Å². The Bertz CT molecular complexity index is 801. The average molecular weight is 318 g/mol. The Kier molecular flexibility index (Phi) is 3.87. The second kappa shape index (κ2) is 6.32. The summed E-state index contributed by atoms with van der Waals surface area (Å²) in [6, 6.07) is 19.6. The van der Waals surface area contributed by atoms with Crippen molar-refractivity contribution in [2.75, 3.05) is 5.32 Å². The normalized spacial score (nSPS) is 13.0. The molecule has 4 rings (SSSR count). The number of rotatable bonds is 4. The molecule has 0 saturated heterocycles. The summed E-state index contributed by atoms with van der Waals surface area (Å²) in [5, 5.41) is 7.02. The van der Waals surface area contributed by atoms with Crippen molar-refractivity contribution in [2.24, 2.45) is 0 Å². The van der Waals surface area contributed by atoms with Crippen LogP contribution in [-0.2, 0) is 17.6 Å². The standard InChI is InChI=1S/C20H18N2O2/c23-19(21-20-16-12-7-13-17(16)22-24-20)18(14-8-3-1-4-9-14)15-10-5-2-6-11-15/h1-6,8-11,18H,7,12-13H2,(H,21,23). The van der Waals surface area contributed by atoms with E-state index in [1.165, 1.54) is 0 Å². The highest BCUT2D eigenvalue weighted by molar-refractivity contribution is 5.97. The highest BCUT2D eigenvalue weighted by atomic mass is 16.5. The summed E-state index contributed by atoms with van der Waals surface area (Å²) >= 11 is 0. The molecule has 0 radical (unpaired) electrons. The predicted octanol–water partition coefficient (Wildman–Crippen LogP) is 3.93. The summed E-state index contributed by atoms with van der Waals surface area (Å²) < 4.78 is 5.35. The molecule has 3 aromatic rings. The molecule has 0 saturated carbocycles. The monoisotopic (exact) mass is 318 g/mol. The van der Waals surface area contributed by atoms with Crippen molar-refractivity contribution >= 4 is 11.8 Å². The summed E-state index contributed by atoms with van der Waals surface area (Å²) in [5.74, 6) is 0.0252. The number of nitrogens with one attached hydrogen (secondary N) is 1. The number of carbonyl (C=O) groups excluding carboxylic acids is 1. The quantitative estimate of drug-likeness (QED) is 0.793. The molecule has 120 valence electrons. The largest absolute Gasteiger partial charge is 0.338 e. The van der Waals surface area contributed by atoms with Crippen molar-refractivity contribution in [3.8, 4) is 0 Å². The van der Waals surface area contributed by atoms with Crippen molar-refractivity contribution in [1.82, 2.24) is 5.16 Å². The number of nitrogens with zero attached hydrogens (tertiary/aromatic N) is 1. The minimum absolute atomic E-state index is 0.0988. The summed E-state index contributed by atoms with van der Waals surface area (Å²) in [4.78, 5) is 13.0. The average Bonchev–Trinajstić information content (AvgIpc) is 3.22. The predicted molar refractivity (Wildman–Crippen MR) is 91.9 cm³/mol. The Labute approximate surface area is 140 Å². The van der Waals surface area contributed by atoms with Crippen LogP contribution in [0, 0.1) is 0 Å². The van der Waals surface area contributed by atoms with E-state index in [0.717, 1.165) is 41.6 Å². The van der Waals surface area contributed by atoms with E-state index in [-0.39, 0.29) is 11.8 Å². The van der Waals surface area contributed by atoms with Gasteiger partial charge in [-0.05, 0) is 30.4 Å². The number of anilines is 1. The van der Waals surface area contributed by atoms with Gasteiger partial charge in [0.05, 0.1) is 11.6 Å². The fourth-order valence-electron chi connectivity index (χ4n) is 3.30. The molecule has 2 aromatic carbocycles. The minimum atomic E-state index is -0.380. The maximum Gasteiger partial charge on any atom is 0.238 e. The van der Waals surface area contributed by atoms with E-state index in [1.807, 2.05) is 60.7 Å². The first kappa shape index (κ1) is 14.7. The van der Waals surface area contributed by atoms with Gasteiger partial charge in [-0.15, -0.1) is 0 Å². The van der Waals surface area contributed by atoms with Gasteiger partial charge in [0.2, 0.25) is 11.8 Å². The smallest absolute Gasteiger partial charge is 0.238 e. The molecule has 0 aliphatic heterocycles. The van der Waals surface area contributed by atoms with E-state index in [9.17, 15) is 4.79 Å². The van der Waals surface area contributed by atoms with Gasteiger partial charge in [-0.1, -0.05) is 65.8 Å². The Hall–Kier alpha value is -2.88. The number of aryl methyl sites for hydroxylation is 1. The molecular formula is C20H18N2O2. The first-order chi connectivity index (χ1) is 11.8. The lowest BCUT2D eigenvalue weighted by Gasteiger charge is -2.17. The Balaban J connectivity index is 1.67. The summed E-state index contributed by atoms with van der Waals surface area (Å²) in [7, 11) is 0. The van der Waals surface area contributed by atoms with Gasteiger partial charge in [-0.2, -0.15) is 0 Å². The van der Waals surface area contributed by atoms with E-state index in [0.29, 0.717) is 5.88 Å².